The van der Waals surface area contributed by atoms with Crippen molar-refractivity contribution in [2.45, 2.75) is 38.7 Å². The third-order valence-corrected chi connectivity index (χ3v) is 4.36. The number of carbonyl (C=O) groups is 1. The second-order valence-corrected chi connectivity index (χ2v) is 7.52. The van der Waals surface area contributed by atoms with E-state index in [4.69, 9.17) is 11.6 Å². The second-order valence-electron chi connectivity index (χ2n) is 7.08. The predicted octanol–water partition coefficient (Wildman–Crippen LogP) is 3.28. The highest BCUT2D eigenvalue weighted by atomic mass is 35.5. The van der Waals surface area contributed by atoms with Crippen LogP contribution in [0.15, 0.2) is 48.5 Å². The average molecular weight is 346 g/mol. The third kappa shape index (κ3) is 4.59. The number of carboxylic acid groups (broad SMARTS) is 1. The van der Waals surface area contributed by atoms with Gasteiger partial charge in [-0.1, -0.05) is 68.8 Å². The van der Waals surface area contributed by atoms with Crippen molar-refractivity contribution < 1.29 is 15.0 Å². The molecule has 2 unspecified atom stereocenters. The van der Waals surface area contributed by atoms with Gasteiger partial charge in [0, 0.05) is 16.9 Å². The van der Waals surface area contributed by atoms with Crippen molar-refractivity contribution in [3.8, 4) is 0 Å². The normalized spacial score (nSPS) is 14.2. The molecule has 0 fully saturated rings. The molecule has 0 saturated carbocycles. The summed E-state index contributed by atoms with van der Waals surface area (Å²) in [5, 5.41) is 22.5. The molecule has 2 aromatic rings. The van der Waals surface area contributed by atoms with Crippen molar-refractivity contribution in [3.63, 3.8) is 0 Å². The number of benzene rings is 2. The van der Waals surface area contributed by atoms with Crippen LogP contribution in [0.5, 0.6) is 0 Å². The zero-order valence-corrected chi connectivity index (χ0v) is 14.9. The first-order valence-corrected chi connectivity index (χ1v) is 8.30. The van der Waals surface area contributed by atoms with Crippen LogP contribution >= 0.6 is 11.6 Å². The fraction of sp³-hybridized carbons (Fsp3) is 0.350. The van der Waals surface area contributed by atoms with Gasteiger partial charge in [0.05, 0.1) is 6.10 Å². The summed E-state index contributed by atoms with van der Waals surface area (Å²) < 4.78 is 0. The van der Waals surface area contributed by atoms with E-state index in [2.05, 4.69) is 20.8 Å². The molecule has 0 aliphatic rings. The number of hydrogen-bond donors (Lipinski definition) is 1. The van der Waals surface area contributed by atoms with Gasteiger partial charge in [-0.25, -0.2) is 0 Å². The summed E-state index contributed by atoms with van der Waals surface area (Å²) in [4.78, 5) is 11.6. The van der Waals surface area contributed by atoms with Crippen molar-refractivity contribution in [1.29, 1.82) is 0 Å². The molecule has 0 aliphatic carbocycles. The van der Waals surface area contributed by atoms with Gasteiger partial charge in [-0.3, -0.25) is 0 Å². The van der Waals surface area contributed by atoms with Crippen LogP contribution in [0.2, 0.25) is 5.02 Å². The Morgan fingerprint density at radius 2 is 1.83 bits per heavy atom. The van der Waals surface area contributed by atoms with Gasteiger partial charge in [-0.2, -0.15) is 0 Å². The number of aliphatic carboxylic acids is 1. The Kier molecular flexibility index (Phi) is 5.68. The van der Waals surface area contributed by atoms with Crippen LogP contribution in [-0.2, 0) is 16.6 Å². The fourth-order valence-electron chi connectivity index (χ4n) is 2.67. The molecule has 0 aromatic heterocycles. The van der Waals surface area contributed by atoms with E-state index in [1.807, 2.05) is 24.3 Å². The number of hydrogen-bond acceptors (Lipinski definition) is 3. The summed E-state index contributed by atoms with van der Waals surface area (Å²) in [6.07, 6.45) is -0.980. The lowest BCUT2D eigenvalue weighted by Gasteiger charge is -2.26. The van der Waals surface area contributed by atoms with Gasteiger partial charge in [-0.15, -0.1) is 0 Å². The minimum absolute atomic E-state index is 0.0292. The zero-order valence-electron chi connectivity index (χ0n) is 14.1. The van der Waals surface area contributed by atoms with Gasteiger partial charge in [0.1, 0.15) is 0 Å². The second kappa shape index (κ2) is 7.37. The van der Waals surface area contributed by atoms with E-state index in [-0.39, 0.29) is 11.8 Å². The highest BCUT2D eigenvalue weighted by Gasteiger charge is 2.23. The summed E-state index contributed by atoms with van der Waals surface area (Å²) in [7, 11) is 0. The molecule has 0 heterocycles. The van der Waals surface area contributed by atoms with Crippen molar-refractivity contribution in [1.82, 2.24) is 0 Å². The minimum atomic E-state index is -1.27. The van der Waals surface area contributed by atoms with Gasteiger partial charge < -0.3 is 15.0 Å². The molecule has 2 atom stereocenters. The molecule has 0 amide bonds. The monoisotopic (exact) mass is 345 g/mol. The molecule has 2 aromatic carbocycles. The van der Waals surface area contributed by atoms with E-state index in [0.717, 1.165) is 11.1 Å². The van der Waals surface area contributed by atoms with Crippen LogP contribution in [0.3, 0.4) is 0 Å². The van der Waals surface area contributed by atoms with Crippen molar-refractivity contribution >= 4 is 17.6 Å². The lowest BCUT2D eigenvalue weighted by molar-refractivity contribution is -0.314. The topological polar surface area (TPSA) is 60.4 Å². The highest BCUT2D eigenvalue weighted by molar-refractivity contribution is 6.30. The van der Waals surface area contributed by atoms with E-state index in [1.165, 1.54) is 0 Å². The van der Waals surface area contributed by atoms with Crippen molar-refractivity contribution in [2.24, 2.45) is 5.92 Å². The highest BCUT2D eigenvalue weighted by Crippen LogP contribution is 2.29. The molecule has 0 saturated heterocycles. The molecule has 3 nitrogen and oxygen atoms in total. The van der Waals surface area contributed by atoms with Crippen LogP contribution in [0.1, 0.15) is 43.6 Å². The molecule has 0 aliphatic heterocycles. The quantitative estimate of drug-likeness (QED) is 0.904. The zero-order chi connectivity index (χ0) is 17.9. The lowest BCUT2D eigenvalue weighted by atomic mass is 9.84. The predicted molar refractivity (Wildman–Crippen MR) is 93.8 cm³/mol. The SMILES string of the molecule is CC(C)(C)c1cccc(CC(C(=O)[O-])C(O)c2cccc(Cl)c2)c1. The molecule has 4 heteroatoms. The average Bonchev–Trinajstić information content (AvgIpc) is 2.51. The van der Waals surface area contributed by atoms with E-state index in [1.54, 1.807) is 24.3 Å². The summed E-state index contributed by atoms with van der Waals surface area (Å²) in [5.41, 5.74) is 2.43. The first-order valence-electron chi connectivity index (χ1n) is 7.92. The van der Waals surface area contributed by atoms with Gasteiger partial charge in [0.15, 0.2) is 0 Å². The molecule has 128 valence electrons. The molecule has 1 N–H and O–H groups in total. The van der Waals surface area contributed by atoms with Crippen LogP contribution in [-0.4, -0.2) is 11.1 Å². The lowest BCUT2D eigenvalue weighted by Crippen LogP contribution is -2.36. The smallest absolute Gasteiger partial charge is 0.0874 e. The Labute approximate surface area is 147 Å². The summed E-state index contributed by atoms with van der Waals surface area (Å²) >= 11 is 5.93. The Bertz CT molecular complexity index is 719. The molecule has 0 bridgehead atoms. The Morgan fingerprint density at radius 1 is 1.17 bits per heavy atom. The molecule has 24 heavy (non-hydrogen) atoms. The maximum atomic E-state index is 11.6. The van der Waals surface area contributed by atoms with Gasteiger partial charge in [0.2, 0.25) is 0 Å². The number of halogens is 1. The number of aliphatic hydroxyl groups is 1. The Morgan fingerprint density at radius 3 is 2.42 bits per heavy atom. The third-order valence-electron chi connectivity index (χ3n) is 4.12. The van der Waals surface area contributed by atoms with E-state index < -0.39 is 18.0 Å². The van der Waals surface area contributed by atoms with Crippen LogP contribution in [0.25, 0.3) is 0 Å². The van der Waals surface area contributed by atoms with Crippen LogP contribution in [0, 0.1) is 5.92 Å². The molecule has 2 rings (SSSR count). The maximum absolute atomic E-state index is 11.6. The molecular weight excluding hydrogens is 324 g/mol. The number of carbonyl (C=O) groups excluding carboxylic acids is 1. The summed E-state index contributed by atoms with van der Waals surface area (Å²) in [6.45, 7) is 6.30. The summed E-state index contributed by atoms with van der Waals surface area (Å²) in [6, 6.07) is 14.4. The van der Waals surface area contributed by atoms with Gasteiger partial charge in [-0.05, 0) is 40.7 Å². The van der Waals surface area contributed by atoms with E-state index in [9.17, 15) is 15.0 Å². The summed E-state index contributed by atoms with van der Waals surface area (Å²) in [5.74, 6) is -2.32. The first-order chi connectivity index (χ1) is 11.2. The Hall–Kier alpha value is -1.84. The van der Waals surface area contributed by atoms with Crippen LogP contribution in [0.4, 0.5) is 0 Å². The van der Waals surface area contributed by atoms with E-state index in [0.29, 0.717) is 10.6 Å². The fourth-order valence-corrected chi connectivity index (χ4v) is 2.86. The van der Waals surface area contributed by atoms with Crippen LogP contribution < -0.4 is 5.11 Å². The number of rotatable bonds is 5. The molecular formula is C20H22ClO3-. The molecule has 0 spiro atoms. The minimum Gasteiger partial charge on any atom is -0.550 e. The molecule has 0 radical (unpaired) electrons. The standard InChI is InChI=1S/C20H23ClO3/c1-20(2,3)15-8-4-6-13(10-15)11-17(19(23)24)18(22)14-7-5-9-16(21)12-14/h4-10,12,17-18,22H,11H2,1-3H3,(H,23,24)/p-1. The van der Waals surface area contributed by atoms with Crippen molar-refractivity contribution in [3.05, 3.63) is 70.2 Å². The van der Waals surface area contributed by atoms with Gasteiger partial charge >= 0.3 is 0 Å². The largest absolute Gasteiger partial charge is 0.550 e. The maximum Gasteiger partial charge on any atom is 0.0874 e. The first kappa shape index (κ1) is 18.5. The number of aliphatic hydroxyl groups excluding tert-OH is 1. The van der Waals surface area contributed by atoms with Gasteiger partial charge in [0.25, 0.3) is 0 Å². The number of carboxylic acids is 1. The van der Waals surface area contributed by atoms with E-state index >= 15 is 0 Å². The van der Waals surface area contributed by atoms with Crippen molar-refractivity contribution in [2.75, 3.05) is 0 Å². The Balaban J connectivity index is 2.28.